The molecular weight excluding hydrogens is 589 g/mol. The van der Waals surface area contributed by atoms with Crippen LogP contribution in [0.25, 0.3) is 11.3 Å². The first-order valence-electron chi connectivity index (χ1n) is 13.3. The number of hydrogen-bond donors (Lipinski definition) is 2. The predicted molar refractivity (Wildman–Crippen MR) is 156 cm³/mol. The molecule has 3 heterocycles. The highest BCUT2D eigenvalue weighted by Gasteiger charge is 2.37. The fourth-order valence-electron chi connectivity index (χ4n) is 5.27. The molecule has 1 saturated heterocycles. The van der Waals surface area contributed by atoms with Crippen molar-refractivity contribution in [2.24, 2.45) is 0 Å². The highest BCUT2D eigenvalue weighted by Crippen LogP contribution is 2.46. The topological polar surface area (TPSA) is 109 Å². The van der Waals surface area contributed by atoms with E-state index in [1.165, 1.54) is 12.3 Å². The molecule has 1 saturated carbocycles. The third kappa shape index (κ3) is 5.62. The van der Waals surface area contributed by atoms with Crippen LogP contribution in [0.15, 0.2) is 59.3 Å². The number of nitrogens with zero attached hydrogens (tertiary/aromatic N) is 3. The van der Waals surface area contributed by atoms with E-state index in [0.29, 0.717) is 75.3 Å². The van der Waals surface area contributed by atoms with E-state index in [9.17, 15) is 15.0 Å². The Morgan fingerprint density at radius 3 is 2.44 bits per heavy atom. The van der Waals surface area contributed by atoms with Crippen LogP contribution in [0.2, 0.25) is 15.1 Å². The van der Waals surface area contributed by atoms with Crippen LogP contribution in [0.1, 0.15) is 58.8 Å². The van der Waals surface area contributed by atoms with E-state index >= 15 is 0 Å². The van der Waals surface area contributed by atoms with Gasteiger partial charge in [0.2, 0.25) is 0 Å². The van der Waals surface area contributed by atoms with Gasteiger partial charge in [0.05, 0.1) is 31.8 Å². The summed E-state index contributed by atoms with van der Waals surface area (Å²) < 4.78 is 11.9. The van der Waals surface area contributed by atoms with Crippen molar-refractivity contribution < 1.29 is 24.3 Å². The number of carbonyl (C=O) groups is 1. The van der Waals surface area contributed by atoms with E-state index in [1.54, 1.807) is 42.5 Å². The molecule has 0 atom stereocenters. The van der Waals surface area contributed by atoms with Gasteiger partial charge in [0, 0.05) is 36.3 Å². The quantitative estimate of drug-likeness (QED) is 0.212. The van der Waals surface area contributed by atoms with Crippen LogP contribution in [0.4, 0.5) is 5.82 Å². The molecule has 0 bridgehead atoms. The third-order valence-corrected chi connectivity index (χ3v) is 8.64. The number of carboxylic acids is 1. The molecule has 0 radical (unpaired) electrons. The molecule has 1 aliphatic carbocycles. The maximum Gasteiger partial charge on any atom is 0.335 e. The van der Waals surface area contributed by atoms with Crippen molar-refractivity contribution in [3.8, 4) is 17.0 Å². The fraction of sp³-hybridized carbons (Fsp3) is 0.300. The van der Waals surface area contributed by atoms with E-state index in [4.69, 9.17) is 44.1 Å². The summed E-state index contributed by atoms with van der Waals surface area (Å²) in [6.45, 7) is 1.17. The number of halogens is 3. The Morgan fingerprint density at radius 2 is 1.78 bits per heavy atom. The molecule has 0 spiro atoms. The van der Waals surface area contributed by atoms with Crippen molar-refractivity contribution in [2.75, 3.05) is 18.0 Å². The standard InChI is InChI=1S/C30H26Cl3N3O5/c31-22-2-1-3-23(32)26(22)27-20(28(41-35-27)17-4-5-17)16-40-19-6-7-21(24(33)15-19)30(39)9-12-36(13-10-30)25-14-18(29(37)38)8-11-34-25/h1-3,6-8,11,14-15,17,39H,4-5,9-10,12-13,16H2,(H,37,38). The van der Waals surface area contributed by atoms with Crippen LogP contribution in [0, 0.1) is 0 Å². The number of rotatable bonds is 8. The Kier molecular flexibility index (Phi) is 7.59. The molecule has 1 aliphatic heterocycles. The number of hydrogen-bond acceptors (Lipinski definition) is 7. The van der Waals surface area contributed by atoms with Crippen LogP contribution < -0.4 is 9.64 Å². The van der Waals surface area contributed by atoms with Crippen molar-refractivity contribution in [1.29, 1.82) is 0 Å². The summed E-state index contributed by atoms with van der Waals surface area (Å²) in [5, 5.41) is 26.4. The van der Waals surface area contributed by atoms with Gasteiger partial charge in [0.25, 0.3) is 0 Å². The predicted octanol–water partition coefficient (Wildman–Crippen LogP) is 7.34. The number of piperidine rings is 1. The summed E-state index contributed by atoms with van der Waals surface area (Å²) in [4.78, 5) is 17.6. The second kappa shape index (κ2) is 11.2. The van der Waals surface area contributed by atoms with Gasteiger partial charge in [-0.2, -0.15) is 0 Å². The lowest BCUT2D eigenvalue weighted by atomic mass is 9.84. The van der Waals surface area contributed by atoms with Crippen molar-refractivity contribution in [3.63, 3.8) is 0 Å². The number of aromatic carboxylic acids is 1. The summed E-state index contributed by atoms with van der Waals surface area (Å²) in [6.07, 6.45) is 4.33. The summed E-state index contributed by atoms with van der Waals surface area (Å²) in [5.41, 5.74) is 1.62. The molecule has 4 aromatic rings. The Morgan fingerprint density at radius 1 is 1.05 bits per heavy atom. The van der Waals surface area contributed by atoms with Crippen LogP contribution in [0.3, 0.4) is 0 Å². The fourth-order valence-corrected chi connectivity index (χ4v) is 6.19. The van der Waals surface area contributed by atoms with Crippen molar-refractivity contribution in [2.45, 2.75) is 43.8 Å². The van der Waals surface area contributed by atoms with E-state index in [1.807, 2.05) is 4.90 Å². The van der Waals surface area contributed by atoms with E-state index in [2.05, 4.69) is 10.1 Å². The SMILES string of the molecule is O=C(O)c1ccnc(N2CCC(O)(c3ccc(OCc4c(-c5c(Cl)cccc5Cl)noc4C4CC4)cc3Cl)CC2)c1. The lowest BCUT2D eigenvalue weighted by Crippen LogP contribution is -2.43. The first-order chi connectivity index (χ1) is 19.7. The second-order valence-corrected chi connectivity index (χ2v) is 11.6. The molecule has 11 heteroatoms. The minimum atomic E-state index is -1.14. The number of aromatic nitrogens is 2. The zero-order chi connectivity index (χ0) is 28.7. The number of anilines is 1. The number of ether oxygens (including phenoxy) is 1. The lowest BCUT2D eigenvalue weighted by Gasteiger charge is -2.39. The Bertz CT molecular complexity index is 1590. The van der Waals surface area contributed by atoms with Crippen LogP contribution in [-0.4, -0.2) is 39.4 Å². The minimum absolute atomic E-state index is 0.173. The van der Waals surface area contributed by atoms with Gasteiger partial charge in [-0.1, -0.05) is 52.1 Å². The Balaban J connectivity index is 1.17. The monoisotopic (exact) mass is 613 g/mol. The smallest absolute Gasteiger partial charge is 0.335 e. The van der Waals surface area contributed by atoms with Gasteiger partial charge >= 0.3 is 5.97 Å². The molecule has 2 N–H and O–H groups in total. The summed E-state index contributed by atoms with van der Waals surface area (Å²) in [5.74, 6) is 1.17. The van der Waals surface area contributed by atoms with E-state index < -0.39 is 11.6 Å². The molecular formula is C30H26Cl3N3O5. The molecule has 2 aliphatic rings. The average molecular weight is 615 g/mol. The van der Waals surface area contributed by atoms with Gasteiger partial charge < -0.3 is 24.4 Å². The van der Waals surface area contributed by atoms with Crippen LogP contribution >= 0.6 is 34.8 Å². The Hall–Kier alpha value is -3.30. The molecule has 41 heavy (non-hydrogen) atoms. The van der Waals surface area contributed by atoms with E-state index in [0.717, 1.165) is 24.2 Å². The van der Waals surface area contributed by atoms with Gasteiger partial charge in [-0.25, -0.2) is 9.78 Å². The lowest BCUT2D eigenvalue weighted by molar-refractivity contribution is 0.0117. The summed E-state index contributed by atoms with van der Waals surface area (Å²) >= 11 is 19.6. The van der Waals surface area contributed by atoms with Crippen molar-refractivity contribution in [1.82, 2.24) is 10.1 Å². The van der Waals surface area contributed by atoms with Crippen LogP contribution in [0.5, 0.6) is 5.75 Å². The maximum atomic E-state index is 11.5. The van der Waals surface area contributed by atoms with Gasteiger partial charge in [-0.3, -0.25) is 0 Å². The molecule has 0 unspecified atom stereocenters. The number of aliphatic hydroxyl groups is 1. The van der Waals surface area contributed by atoms with Crippen molar-refractivity contribution in [3.05, 3.63) is 92.2 Å². The van der Waals surface area contributed by atoms with Crippen LogP contribution in [-0.2, 0) is 12.2 Å². The summed E-state index contributed by atoms with van der Waals surface area (Å²) in [6, 6.07) is 13.6. The molecule has 8 nitrogen and oxygen atoms in total. The number of pyridine rings is 1. The maximum absolute atomic E-state index is 11.5. The molecule has 2 fully saturated rings. The molecule has 212 valence electrons. The first kappa shape index (κ1) is 27.8. The molecule has 2 aromatic carbocycles. The highest BCUT2D eigenvalue weighted by atomic mass is 35.5. The third-order valence-electron chi connectivity index (χ3n) is 7.70. The van der Waals surface area contributed by atoms with Gasteiger partial charge in [0.15, 0.2) is 0 Å². The molecule has 0 amide bonds. The highest BCUT2D eigenvalue weighted by molar-refractivity contribution is 6.39. The zero-order valence-electron chi connectivity index (χ0n) is 21.8. The van der Waals surface area contributed by atoms with Gasteiger partial charge in [-0.05, 0) is 62.1 Å². The molecule has 6 rings (SSSR count). The summed E-state index contributed by atoms with van der Waals surface area (Å²) in [7, 11) is 0. The molecule has 2 aromatic heterocycles. The average Bonchev–Trinajstić information content (AvgIpc) is 3.72. The van der Waals surface area contributed by atoms with Crippen molar-refractivity contribution >= 4 is 46.6 Å². The largest absolute Gasteiger partial charge is 0.489 e. The minimum Gasteiger partial charge on any atom is -0.489 e. The second-order valence-electron chi connectivity index (χ2n) is 10.4. The zero-order valence-corrected chi connectivity index (χ0v) is 24.1. The van der Waals surface area contributed by atoms with Gasteiger partial charge in [-0.15, -0.1) is 0 Å². The normalized spacial score (nSPS) is 16.5. The number of carboxylic acid groups (broad SMARTS) is 1. The first-order valence-corrected chi connectivity index (χ1v) is 14.4. The van der Waals surface area contributed by atoms with E-state index in [-0.39, 0.29) is 12.2 Å². The van der Waals surface area contributed by atoms with Gasteiger partial charge in [0.1, 0.15) is 29.6 Å². The number of benzene rings is 2. The Labute approximate surface area is 251 Å².